The summed E-state index contributed by atoms with van der Waals surface area (Å²) in [6, 6.07) is 15.6. The van der Waals surface area contributed by atoms with Crippen molar-refractivity contribution in [1.29, 1.82) is 0 Å². The first-order valence-corrected chi connectivity index (χ1v) is 10.7. The van der Waals surface area contributed by atoms with Gasteiger partial charge in [-0.3, -0.25) is 14.5 Å². The third-order valence-corrected chi connectivity index (χ3v) is 6.04. The van der Waals surface area contributed by atoms with E-state index in [1.54, 1.807) is 6.07 Å². The average molecular weight is 445 g/mol. The number of urea groups is 1. The fourth-order valence-electron chi connectivity index (χ4n) is 4.41. The van der Waals surface area contributed by atoms with Gasteiger partial charge in [-0.2, -0.15) is 0 Å². The third kappa shape index (κ3) is 3.73. The van der Waals surface area contributed by atoms with Crippen molar-refractivity contribution < 1.29 is 23.9 Å². The first-order valence-electron chi connectivity index (χ1n) is 10.7. The second kappa shape index (κ2) is 8.12. The predicted octanol–water partition coefficient (Wildman–Crippen LogP) is 3.17. The van der Waals surface area contributed by atoms with E-state index in [4.69, 9.17) is 9.47 Å². The number of aromatic nitrogens is 1. The summed E-state index contributed by atoms with van der Waals surface area (Å²) >= 11 is 0. The van der Waals surface area contributed by atoms with E-state index in [0.29, 0.717) is 23.5 Å². The zero-order valence-corrected chi connectivity index (χ0v) is 18.3. The highest BCUT2D eigenvalue weighted by Crippen LogP contribution is 2.35. The lowest BCUT2D eigenvalue weighted by molar-refractivity contribution is -0.127. The van der Waals surface area contributed by atoms with Crippen molar-refractivity contribution in [3.05, 3.63) is 77.1 Å². The molecule has 33 heavy (non-hydrogen) atoms. The molecule has 3 heterocycles. The standard InChI is InChI=1S/C25H23N3O5/c1-15-10-19(16(2)28(15)18-8-9-22-23(12-18)33-14-32-22)21(29)13-27-24(30)20(26-25(27)31)11-17-6-4-3-5-7-17/h3-10,12,20H,11,13-14H2,1-2H3,(H,26,31)/t20-/m0/s1. The van der Waals surface area contributed by atoms with Crippen LogP contribution in [0.5, 0.6) is 11.5 Å². The van der Waals surface area contributed by atoms with E-state index in [-0.39, 0.29) is 25.0 Å². The Morgan fingerprint density at radius 3 is 2.58 bits per heavy atom. The van der Waals surface area contributed by atoms with Crippen molar-refractivity contribution in [2.75, 3.05) is 13.3 Å². The zero-order valence-electron chi connectivity index (χ0n) is 18.3. The van der Waals surface area contributed by atoms with Gasteiger partial charge in [0.2, 0.25) is 6.79 Å². The number of rotatable bonds is 6. The van der Waals surface area contributed by atoms with E-state index >= 15 is 0 Å². The van der Waals surface area contributed by atoms with Crippen LogP contribution in [-0.2, 0) is 11.2 Å². The number of benzene rings is 2. The van der Waals surface area contributed by atoms with Gasteiger partial charge < -0.3 is 19.4 Å². The van der Waals surface area contributed by atoms with Crippen LogP contribution in [0.15, 0.2) is 54.6 Å². The predicted molar refractivity (Wildman–Crippen MR) is 120 cm³/mol. The monoisotopic (exact) mass is 445 g/mol. The molecule has 3 aromatic rings. The Balaban J connectivity index is 1.34. The molecule has 2 aliphatic rings. The molecule has 1 atom stereocenters. The molecule has 0 radical (unpaired) electrons. The number of fused-ring (bicyclic) bond motifs is 1. The van der Waals surface area contributed by atoms with Crippen molar-refractivity contribution in [3.63, 3.8) is 0 Å². The van der Waals surface area contributed by atoms with Gasteiger partial charge >= 0.3 is 6.03 Å². The van der Waals surface area contributed by atoms with E-state index in [0.717, 1.165) is 27.5 Å². The van der Waals surface area contributed by atoms with Crippen LogP contribution in [0.2, 0.25) is 0 Å². The number of imide groups is 1. The molecule has 1 fully saturated rings. The highest BCUT2D eigenvalue weighted by atomic mass is 16.7. The van der Waals surface area contributed by atoms with Gasteiger partial charge in [0.1, 0.15) is 6.04 Å². The molecule has 2 aromatic carbocycles. The SMILES string of the molecule is Cc1cc(C(=O)CN2C(=O)N[C@@H](Cc3ccccc3)C2=O)c(C)n1-c1ccc2c(c1)OCO2. The Morgan fingerprint density at radius 1 is 1.03 bits per heavy atom. The molecule has 1 N–H and O–H groups in total. The van der Waals surface area contributed by atoms with Crippen LogP contribution >= 0.6 is 0 Å². The van der Waals surface area contributed by atoms with Crippen LogP contribution in [0, 0.1) is 13.8 Å². The number of nitrogens with one attached hydrogen (secondary N) is 1. The van der Waals surface area contributed by atoms with Crippen molar-refractivity contribution in [2.45, 2.75) is 26.3 Å². The molecule has 5 rings (SSSR count). The molecule has 0 spiro atoms. The highest BCUT2D eigenvalue weighted by molar-refractivity contribution is 6.09. The molecule has 2 aliphatic heterocycles. The Hall–Kier alpha value is -4.07. The van der Waals surface area contributed by atoms with Gasteiger partial charge in [0.15, 0.2) is 17.3 Å². The summed E-state index contributed by atoms with van der Waals surface area (Å²) < 4.78 is 12.8. The molecule has 168 valence electrons. The maximum absolute atomic E-state index is 13.1. The maximum atomic E-state index is 13.1. The molecule has 8 heteroatoms. The molecular formula is C25H23N3O5. The van der Waals surface area contributed by atoms with E-state index in [2.05, 4.69) is 5.32 Å². The van der Waals surface area contributed by atoms with E-state index < -0.39 is 12.1 Å². The van der Waals surface area contributed by atoms with Crippen molar-refractivity contribution in [1.82, 2.24) is 14.8 Å². The number of amides is 3. The fraction of sp³-hybridized carbons (Fsp3) is 0.240. The molecule has 0 aliphatic carbocycles. The van der Waals surface area contributed by atoms with E-state index in [1.807, 2.05) is 66.9 Å². The summed E-state index contributed by atoms with van der Waals surface area (Å²) in [5.74, 6) is 0.651. The molecule has 1 aromatic heterocycles. The number of ketones is 1. The van der Waals surface area contributed by atoms with E-state index in [1.165, 1.54) is 0 Å². The van der Waals surface area contributed by atoms with Gasteiger partial charge in [-0.25, -0.2) is 4.79 Å². The van der Waals surface area contributed by atoms with Crippen LogP contribution < -0.4 is 14.8 Å². The molecular weight excluding hydrogens is 422 g/mol. The normalized spacial score (nSPS) is 16.9. The van der Waals surface area contributed by atoms with Crippen molar-refractivity contribution in [2.24, 2.45) is 0 Å². The number of hydrogen-bond donors (Lipinski definition) is 1. The summed E-state index contributed by atoms with van der Waals surface area (Å²) in [5, 5.41) is 2.69. The second-order valence-corrected chi connectivity index (χ2v) is 8.20. The summed E-state index contributed by atoms with van der Waals surface area (Å²) in [6.45, 7) is 3.62. The maximum Gasteiger partial charge on any atom is 0.325 e. The molecule has 8 nitrogen and oxygen atoms in total. The average Bonchev–Trinajstić information content (AvgIpc) is 3.46. The molecule has 0 saturated carbocycles. The lowest BCUT2D eigenvalue weighted by Gasteiger charge is -2.13. The van der Waals surface area contributed by atoms with Gasteiger partial charge in [0, 0.05) is 35.1 Å². The van der Waals surface area contributed by atoms with Gasteiger partial charge in [-0.05, 0) is 37.6 Å². The van der Waals surface area contributed by atoms with Crippen molar-refractivity contribution >= 4 is 17.7 Å². The van der Waals surface area contributed by atoms with Gasteiger partial charge in [-0.1, -0.05) is 30.3 Å². The lowest BCUT2D eigenvalue weighted by Crippen LogP contribution is -2.36. The number of carbonyl (C=O) groups is 3. The quantitative estimate of drug-likeness (QED) is 0.465. The fourth-order valence-corrected chi connectivity index (χ4v) is 4.41. The number of Topliss-reactive ketones (excluding diaryl/α,β-unsaturated/α-hetero) is 1. The van der Waals surface area contributed by atoms with Gasteiger partial charge in [-0.15, -0.1) is 0 Å². The van der Waals surface area contributed by atoms with Crippen LogP contribution in [-0.4, -0.2) is 46.6 Å². The summed E-state index contributed by atoms with van der Waals surface area (Å²) in [4.78, 5) is 39.4. The van der Waals surface area contributed by atoms with E-state index in [9.17, 15) is 14.4 Å². The summed E-state index contributed by atoms with van der Waals surface area (Å²) in [7, 11) is 0. The zero-order chi connectivity index (χ0) is 23.1. The number of carbonyl (C=O) groups excluding carboxylic acids is 3. The number of ether oxygens (including phenoxy) is 2. The Bertz CT molecular complexity index is 1260. The number of nitrogens with zero attached hydrogens (tertiary/aromatic N) is 2. The minimum Gasteiger partial charge on any atom is -0.454 e. The van der Waals surface area contributed by atoms with Crippen LogP contribution in [0.1, 0.15) is 27.3 Å². The lowest BCUT2D eigenvalue weighted by atomic mass is 10.1. The van der Waals surface area contributed by atoms with Crippen LogP contribution in [0.3, 0.4) is 0 Å². The largest absolute Gasteiger partial charge is 0.454 e. The Morgan fingerprint density at radius 2 is 1.79 bits per heavy atom. The van der Waals surface area contributed by atoms with Gasteiger partial charge in [0.05, 0.1) is 6.54 Å². The third-order valence-electron chi connectivity index (χ3n) is 6.04. The molecule has 3 amide bonds. The number of hydrogen-bond acceptors (Lipinski definition) is 5. The van der Waals surface area contributed by atoms with Crippen LogP contribution in [0.25, 0.3) is 5.69 Å². The Labute approximate surface area is 190 Å². The minimum atomic E-state index is -0.672. The summed E-state index contributed by atoms with van der Waals surface area (Å²) in [5.41, 5.74) is 3.83. The second-order valence-electron chi connectivity index (χ2n) is 8.20. The Kier molecular flexibility index (Phi) is 5.12. The first-order chi connectivity index (χ1) is 15.9. The summed E-state index contributed by atoms with van der Waals surface area (Å²) in [6.07, 6.45) is 0.384. The first kappa shape index (κ1) is 20.8. The van der Waals surface area contributed by atoms with Crippen molar-refractivity contribution in [3.8, 4) is 17.2 Å². The number of aryl methyl sites for hydroxylation is 1. The van der Waals surface area contributed by atoms with Gasteiger partial charge in [0.25, 0.3) is 5.91 Å². The molecule has 0 unspecified atom stereocenters. The minimum absolute atomic E-state index is 0.184. The molecule has 0 bridgehead atoms. The van der Waals surface area contributed by atoms with Crippen LogP contribution in [0.4, 0.5) is 4.79 Å². The smallest absolute Gasteiger partial charge is 0.325 e. The topological polar surface area (TPSA) is 89.9 Å². The highest BCUT2D eigenvalue weighted by Gasteiger charge is 2.39. The molecule has 1 saturated heterocycles.